The molecule has 8 heteroatoms. The molecule has 0 saturated carbocycles. The van der Waals surface area contributed by atoms with Crippen molar-refractivity contribution in [2.75, 3.05) is 7.11 Å². The fraction of sp³-hybridized carbons (Fsp3) is 0.750. The third-order valence-electron chi connectivity index (χ3n) is 6.77. The zero-order chi connectivity index (χ0) is 23.8. The summed E-state index contributed by atoms with van der Waals surface area (Å²) < 4.78 is 16.1. The van der Waals surface area contributed by atoms with Gasteiger partial charge < -0.3 is 22.8 Å². The van der Waals surface area contributed by atoms with Crippen LogP contribution in [0.25, 0.3) is 0 Å². The van der Waals surface area contributed by atoms with E-state index in [1.165, 1.54) is 7.11 Å². The van der Waals surface area contributed by atoms with E-state index in [2.05, 4.69) is 17.7 Å². The van der Waals surface area contributed by atoms with E-state index in [0.29, 0.717) is 25.7 Å². The first-order valence-electron chi connectivity index (χ1n) is 11.5. The number of hydrogen-bond acceptors (Lipinski definition) is 7. The van der Waals surface area contributed by atoms with Crippen LogP contribution in [0.1, 0.15) is 59.3 Å². The Bertz CT molecular complexity index is 692. The molecule has 0 fully saturated rings. The lowest BCUT2D eigenvalue weighted by molar-refractivity contribution is -0.159. The zero-order valence-electron chi connectivity index (χ0n) is 19.4. The van der Waals surface area contributed by atoms with E-state index in [1.807, 2.05) is 49.0 Å². The number of aliphatic hydroxyl groups excluding tert-OH is 2. The molecule has 0 aliphatic heterocycles. The number of esters is 2. The van der Waals surface area contributed by atoms with Crippen LogP contribution in [0.5, 0.6) is 0 Å². The number of aliphatic hydroxyl groups is 2. The maximum atomic E-state index is 12.5. The van der Waals surface area contributed by atoms with Crippen molar-refractivity contribution in [2.45, 2.75) is 83.7 Å². The van der Waals surface area contributed by atoms with Gasteiger partial charge >= 0.3 is 11.9 Å². The number of fused-ring (bicyclic) bond motifs is 1. The van der Waals surface area contributed by atoms with Gasteiger partial charge in [-0.15, -0.1) is 0 Å². The first-order valence-corrected chi connectivity index (χ1v) is 12.4. The standard InChI is InChI=1S/C24H37IO7/c1-5-14(2)24(29)31-21-12-17(26)10-16-7-6-15(3)20(23(16)21)9-8-19(32-25)11-18(27)13-22(28)30-4/h6-7,10,14-15,17-21,23,26-27H,5,8-9,11-13H2,1-4H3/t14-,15-,17+,18+,19+,20-,21-,23-/m0/s1. The number of carbonyl (C=O) groups is 2. The average Bonchev–Trinajstić information content (AvgIpc) is 2.76. The van der Waals surface area contributed by atoms with E-state index < -0.39 is 18.2 Å². The minimum Gasteiger partial charge on any atom is -0.469 e. The van der Waals surface area contributed by atoms with Gasteiger partial charge in [-0.25, -0.2) is 0 Å². The number of rotatable bonds is 11. The molecule has 0 spiro atoms. The van der Waals surface area contributed by atoms with Crippen molar-refractivity contribution in [3.63, 3.8) is 0 Å². The maximum absolute atomic E-state index is 12.5. The van der Waals surface area contributed by atoms with Crippen molar-refractivity contribution in [3.05, 3.63) is 23.8 Å². The summed E-state index contributed by atoms with van der Waals surface area (Å²) in [4.78, 5) is 23.9. The molecule has 0 saturated heterocycles. The van der Waals surface area contributed by atoms with E-state index in [9.17, 15) is 19.8 Å². The molecule has 7 nitrogen and oxygen atoms in total. The molecular formula is C24H37IO7. The maximum Gasteiger partial charge on any atom is 0.308 e. The fourth-order valence-electron chi connectivity index (χ4n) is 4.66. The van der Waals surface area contributed by atoms with E-state index >= 15 is 0 Å². The van der Waals surface area contributed by atoms with Gasteiger partial charge in [0.25, 0.3) is 0 Å². The minimum absolute atomic E-state index is 0.0151. The van der Waals surface area contributed by atoms with Crippen LogP contribution in [-0.4, -0.2) is 53.7 Å². The molecule has 0 radical (unpaired) electrons. The third-order valence-corrected chi connectivity index (χ3v) is 7.49. The van der Waals surface area contributed by atoms with Crippen LogP contribution in [0.15, 0.2) is 23.8 Å². The lowest BCUT2D eigenvalue weighted by atomic mass is 9.66. The van der Waals surface area contributed by atoms with Crippen molar-refractivity contribution in [1.29, 1.82) is 0 Å². The second kappa shape index (κ2) is 13.1. The summed E-state index contributed by atoms with van der Waals surface area (Å²) in [6, 6.07) is 0. The molecule has 0 heterocycles. The van der Waals surface area contributed by atoms with Gasteiger partial charge in [0.2, 0.25) is 0 Å². The van der Waals surface area contributed by atoms with E-state index in [4.69, 9.17) is 7.80 Å². The Labute approximate surface area is 205 Å². The molecule has 0 bridgehead atoms. The highest BCUT2D eigenvalue weighted by molar-refractivity contribution is 14.1. The predicted octanol–water partition coefficient (Wildman–Crippen LogP) is 3.90. The molecule has 2 rings (SSSR count). The second-order valence-electron chi connectivity index (χ2n) is 9.12. The van der Waals surface area contributed by atoms with E-state index in [-0.39, 0.29) is 48.3 Å². The van der Waals surface area contributed by atoms with Gasteiger partial charge in [0.15, 0.2) is 0 Å². The SMILES string of the molecule is CC[C@H](C)C(=O)O[C@H]1C[C@H](O)C=C2C=C[C@H](C)[C@H](CC[C@H](C[C@@H](O)CC(=O)OC)OI)[C@H]21. The van der Waals surface area contributed by atoms with E-state index in [0.717, 1.165) is 12.0 Å². The summed E-state index contributed by atoms with van der Waals surface area (Å²) in [5, 5.41) is 20.5. The Balaban J connectivity index is 2.10. The van der Waals surface area contributed by atoms with Gasteiger partial charge in [0, 0.05) is 18.8 Å². The van der Waals surface area contributed by atoms with Crippen LogP contribution in [0.3, 0.4) is 0 Å². The zero-order valence-corrected chi connectivity index (χ0v) is 21.6. The van der Waals surface area contributed by atoms with Gasteiger partial charge in [-0.2, -0.15) is 0 Å². The highest BCUT2D eigenvalue weighted by atomic mass is 127. The van der Waals surface area contributed by atoms with Crippen LogP contribution < -0.4 is 0 Å². The van der Waals surface area contributed by atoms with Crippen molar-refractivity contribution >= 4 is 34.9 Å². The predicted molar refractivity (Wildman–Crippen MR) is 129 cm³/mol. The molecule has 2 aliphatic rings. The fourth-order valence-corrected chi connectivity index (χ4v) is 5.12. The normalized spacial score (nSPS) is 30.0. The van der Waals surface area contributed by atoms with Crippen molar-refractivity contribution in [1.82, 2.24) is 0 Å². The Morgan fingerprint density at radius 1 is 1.34 bits per heavy atom. The molecule has 0 aromatic carbocycles. The molecule has 32 heavy (non-hydrogen) atoms. The first-order chi connectivity index (χ1) is 15.2. The molecule has 0 amide bonds. The van der Waals surface area contributed by atoms with Crippen LogP contribution in [0.2, 0.25) is 0 Å². The summed E-state index contributed by atoms with van der Waals surface area (Å²) in [6.45, 7) is 5.98. The first kappa shape index (κ1) is 27.3. The molecule has 182 valence electrons. The summed E-state index contributed by atoms with van der Waals surface area (Å²) in [6.07, 6.45) is 6.93. The lowest BCUT2D eigenvalue weighted by Gasteiger charge is -2.43. The quantitative estimate of drug-likeness (QED) is 0.290. The largest absolute Gasteiger partial charge is 0.469 e. The third kappa shape index (κ3) is 7.53. The molecule has 0 aromatic heterocycles. The van der Waals surface area contributed by atoms with Gasteiger partial charge in [0.05, 0.1) is 37.8 Å². The van der Waals surface area contributed by atoms with Crippen LogP contribution >= 0.6 is 23.0 Å². The van der Waals surface area contributed by atoms with Crippen LogP contribution in [0.4, 0.5) is 0 Å². The highest BCUT2D eigenvalue weighted by Gasteiger charge is 2.42. The van der Waals surface area contributed by atoms with Gasteiger partial charge in [-0.1, -0.05) is 39.0 Å². The van der Waals surface area contributed by atoms with Crippen LogP contribution in [0, 0.1) is 23.7 Å². The molecule has 2 N–H and O–H groups in total. The molecule has 2 aliphatic carbocycles. The Morgan fingerprint density at radius 3 is 2.69 bits per heavy atom. The number of hydrogen-bond donors (Lipinski definition) is 2. The van der Waals surface area contributed by atoms with Gasteiger partial charge in [-0.05, 0) is 36.7 Å². The summed E-state index contributed by atoms with van der Waals surface area (Å²) in [7, 11) is 1.30. The Kier molecular flexibility index (Phi) is 11.1. The number of halogens is 1. The van der Waals surface area contributed by atoms with Crippen molar-refractivity contribution in [3.8, 4) is 0 Å². The lowest BCUT2D eigenvalue weighted by Crippen LogP contribution is -2.43. The van der Waals surface area contributed by atoms with Crippen molar-refractivity contribution in [2.24, 2.45) is 23.7 Å². The highest BCUT2D eigenvalue weighted by Crippen LogP contribution is 2.44. The Morgan fingerprint density at radius 2 is 2.06 bits per heavy atom. The topological polar surface area (TPSA) is 102 Å². The molecular weight excluding hydrogens is 527 g/mol. The number of carbonyl (C=O) groups excluding carboxylic acids is 2. The number of ether oxygens (including phenoxy) is 2. The smallest absolute Gasteiger partial charge is 0.308 e. The van der Waals surface area contributed by atoms with Crippen molar-refractivity contribution < 1.29 is 32.3 Å². The number of allylic oxidation sites excluding steroid dienone is 2. The average molecular weight is 564 g/mol. The second-order valence-corrected chi connectivity index (χ2v) is 9.63. The summed E-state index contributed by atoms with van der Waals surface area (Å²) in [5.41, 5.74) is 1.02. The van der Waals surface area contributed by atoms with Gasteiger partial charge in [0.1, 0.15) is 29.1 Å². The summed E-state index contributed by atoms with van der Waals surface area (Å²) >= 11 is 1.84. The molecule has 8 atom stereocenters. The summed E-state index contributed by atoms with van der Waals surface area (Å²) in [5.74, 6) is -0.346. The van der Waals surface area contributed by atoms with Crippen LogP contribution in [-0.2, 0) is 22.1 Å². The van der Waals surface area contributed by atoms with E-state index in [1.54, 1.807) is 0 Å². The molecule has 0 unspecified atom stereocenters. The molecule has 0 aromatic rings. The number of methoxy groups -OCH3 is 1. The Hall–Kier alpha value is -0.970. The van der Waals surface area contributed by atoms with Gasteiger partial charge in [-0.3, -0.25) is 9.59 Å². The minimum atomic E-state index is -0.824. The monoisotopic (exact) mass is 564 g/mol.